The zero-order valence-corrected chi connectivity index (χ0v) is 10.4. The molecule has 0 saturated carbocycles. The quantitative estimate of drug-likeness (QED) is 0.292. The van der Waals surface area contributed by atoms with Gasteiger partial charge in [-0.2, -0.15) is 0 Å². The van der Waals surface area contributed by atoms with Gasteiger partial charge in [-0.15, -0.1) is 0 Å². The summed E-state index contributed by atoms with van der Waals surface area (Å²) in [4.78, 5) is 13.6. The Balaban J connectivity index is 2.20. The maximum absolute atomic E-state index is 13.6. The van der Waals surface area contributed by atoms with Gasteiger partial charge in [-0.3, -0.25) is 10.1 Å². The van der Waals surface area contributed by atoms with Crippen molar-refractivity contribution in [2.45, 2.75) is 0 Å². The van der Waals surface area contributed by atoms with Gasteiger partial charge in [-0.1, -0.05) is 5.16 Å². The molecule has 0 radical (unpaired) electrons. The van der Waals surface area contributed by atoms with Crippen molar-refractivity contribution >= 4 is 11.5 Å². The van der Waals surface area contributed by atoms with E-state index in [1.165, 1.54) is 18.3 Å². The van der Waals surface area contributed by atoms with Crippen LogP contribution in [0.15, 0.2) is 41.7 Å². The number of oxime groups is 1. The number of nitro groups is 1. The molecule has 0 fully saturated rings. The van der Waals surface area contributed by atoms with Crippen LogP contribution in [0, 0.1) is 15.9 Å². The first-order valence-electron chi connectivity index (χ1n) is 5.57. The van der Waals surface area contributed by atoms with Crippen molar-refractivity contribution in [2.24, 2.45) is 10.9 Å². The van der Waals surface area contributed by atoms with Crippen LogP contribution in [0.3, 0.4) is 0 Å². The Hall–Kier alpha value is -3.23. The molecule has 0 amide bonds. The fourth-order valence-corrected chi connectivity index (χ4v) is 1.45. The van der Waals surface area contributed by atoms with Crippen molar-refractivity contribution in [3.05, 3.63) is 58.0 Å². The molecule has 3 N–H and O–H groups in total. The van der Waals surface area contributed by atoms with Gasteiger partial charge < -0.3 is 15.7 Å². The largest absolute Gasteiger partial charge is 0.436 e. The van der Waals surface area contributed by atoms with E-state index in [-0.39, 0.29) is 23.2 Å². The number of hydrogen-bond acceptors (Lipinski definition) is 6. The first-order valence-corrected chi connectivity index (χ1v) is 5.57. The first kappa shape index (κ1) is 14.2. The van der Waals surface area contributed by atoms with E-state index >= 15 is 0 Å². The molecule has 0 saturated heterocycles. The number of pyridine rings is 1. The summed E-state index contributed by atoms with van der Waals surface area (Å²) >= 11 is 0. The zero-order valence-electron chi connectivity index (χ0n) is 10.4. The fraction of sp³-hybridized carbons (Fsp3) is 0. The Morgan fingerprint density at radius 3 is 2.71 bits per heavy atom. The SMILES string of the molecule is N/C(=N\O)c1ccc(Oc2ccc([N+](=O)[O-])cc2F)nc1. The minimum atomic E-state index is -0.883. The molecule has 2 rings (SSSR count). The van der Waals surface area contributed by atoms with Crippen molar-refractivity contribution in [3.8, 4) is 11.6 Å². The van der Waals surface area contributed by atoms with Gasteiger partial charge in [0.1, 0.15) is 0 Å². The lowest BCUT2D eigenvalue weighted by atomic mass is 10.2. The first-order chi connectivity index (χ1) is 10.0. The second-order valence-corrected chi connectivity index (χ2v) is 3.84. The summed E-state index contributed by atoms with van der Waals surface area (Å²) in [5.74, 6) is -1.16. The van der Waals surface area contributed by atoms with Crippen molar-refractivity contribution in [3.63, 3.8) is 0 Å². The van der Waals surface area contributed by atoms with Crippen LogP contribution in [0.2, 0.25) is 0 Å². The third-order valence-corrected chi connectivity index (χ3v) is 2.48. The number of hydrogen-bond donors (Lipinski definition) is 2. The van der Waals surface area contributed by atoms with Gasteiger partial charge in [0, 0.05) is 23.9 Å². The van der Waals surface area contributed by atoms with Crippen LogP contribution in [0.1, 0.15) is 5.56 Å². The van der Waals surface area contributed by atoms with Gasteiger partial charge in [0.15, 0.2) is 17.4 Å². The number of nitrogens with zero attached hydrogens (tertiary/aromatic N) is 3. The molecule has 0 aliphatic rings. The van der Waals surface area contributed by atoms with E-state index in [1.807, 2.05) is 0 Å². The molecular formula is C12H9FN4O4. The minimum Gasteiger partial charge on any atom is -0.436 e. The Morgan fingerprint density at radius 2 is 2.19 bits per heavy atom. The van der Waals surface area contributed by atoms with E-state index < -0.39 is 10.7 Å². The number of benzene rings is 1. The lowest BCUT2D eigenvalue weighted by Crippen LogP contribution is -2.13. The molecular weight excluding hydrogens is 283 g/mol. The van der Waals surface area contributed by atoms with Crippen LogP contribution in [-0.4, -0.2) is 21.0 Å². The van der Waals surface area contributed by atoms with E-state index in [2.05, 4.69) is 10.1 Å². The number of amidine groups is 1. The monoisotopic (exact) mass is 292 g/mol. The molecule has 0 aliphatic heterocycles. The smallest absolute Gasteiger partial charge is 0.272 e. The summed E-state index contributed by atoms with van der Waals surface area (Å²) in [6.07, 6.45) is 1.27. The van der Waals surface area contributed by atoms with E-state index in [0.717, 1.165) is 18.2 Å². The summed E-state index contributed by atoms with van der Waals surface area (Å²) in [5, 5.41) is 21.8. The summed E-state index contributed by atoms with van der Waals surface area (Å²) in [6, 6.07) is 5.84. The molecule has 21 heavy (non-hydrogen) atoms. The highest BCUT2D eigenvalue weighted by atomic mass is 19.1. The lowest BCUT2D eigenvalue weighted by molar-refractivity contribution is -0.385. The molecule has 1 aromatic heterocycles. The van der Waals surface area contributed by atoms with Crippen LogP contribution >= 0.6 is 0 Å². The second-order valence-electron chi connectivity index (χ2n) is 3.84. The van der Waals surface area contributed by atoms with E-state index in [0.29, 0.717) is 5.56 Å². The number of halogens is 1. The molecule has 9 heteroatoms. The molecule has 1 heterocycles. The summed E-state index contributed by atoms with van der Waals surface area (Å²) < 4.78 is 18.8. The highest BCUT2D eigenvalue weighted by Gasteiger charge is 2.12. The molecule has 0 atom stereocenters. The Labute approximate surface area is 117 Å². The van der Waals surface area contributed by atoms with Crippen LogP contribution in [0.4, 0.5) is 10.1 Å². The van der Waals surface area contributed by atoms with Gasteiger partial charge in [0.2, 0.25) is 5.88 Å². The fourth-order valence-electron chi connectivity index (χ4n) is 1.45. The maximum Gasteiger partial charge on any atom is 0.272 e. The van der Waals surface area contributed by atoms with Crippen molar-refractivity contribution < 1.29 is 19.3 Å². The molecule has 0 aliphatic carbocycles. The van der Waals surface area contributed by atoms with Crippen molar-refractivity contribution in [2.75, 3.05) is 0 Å². The zero-order chi connectivity index (χ0) is 15.4. The van der Waals surface area contributed by atoms with Crippen molar-refractivity contribution in [1.82, 2.24) is 4.98 Å². The molecule has 0 bridgehead atoms. The van der Waals surface area contributed by atoms with Gasteiger partial charge >= 0.3 is 0 Å². The summed E-state index contributed by atoms with van der Waals surface area (Å²) in [5.41, 5.74) is 5.34. The number of nitrogens with two attached hydrogens (primary N) is 1. The van der Waals surface area contributed by atoms with Crippen LogP contribution in [0.25, 0.3) is 0 Å². The molecule has 0 unspecified atom stereocenters. The predicted octanol–water partition coefficient (Wildman–Crippen LogP) is 2.02. The van der Waals surface area contributed by atoms with Gasteiger partial charge in [0.25, 0.3) is 5.69 Å². The number of aromatic nitrogens is 1. The molecule has 8 nitrogen and oxygen atoms in total. The molecule has 2 aromatic rings. The molecule has 1 aromatic carbocycles. The van der Waals surface area contributed by atoms with E-state index in [1.54, 1.807) is 0 Å². The number of rotatable bonds is 4. The Kier molecular flexibility index (Phi) is 3.93. The normalized spacial score (nSPS) is 11.2. The maximum atomic E-state index is 13.6. The Morgan fingerprint density at radius 1 is 1.43 bits per heavy atom. The standard InChI is InChI=1S/C12H9FN4O4/c13-9-5-8(17(19)20)2-3-10(9)21-11-4-1-7(6-15-11)12(14)16-18/h1-6,18H,(H2,14,16). The highest BCUT2D eigenvalue weighted by Crippen LogP contribution is 2.26. The summed E-state index contributed by atoms with van der Waals surface area (Å²) in [6.45, 7) is 0. The van der Waals surface area contributed by atoms with E-state index in [4.69, 9.17) is 15.7 Å². The van der Waals surface area contributed by atoms with Crippen LogP contribution in [-0.2, 0) is 0 Å². The average Bonchev–Trinajstić information content (AvgIpc) is 2.49. The molecule has 0 spiro atoms. The number of nitro benzene ring substituents is 1. The Bertz CT molecular complexity index is 703. The van der Waals surface area contributed by atoms with Crippen LogP contribution in [0.5, 0.6) is 11.6 Å². The lowest BCUT2D eigenvalue weighted by Gasteiger charge is -2.06. The predicted molar refractivity (Wildman–Crippen MR) is 69.9 cm³/mol. The highest BCUT2D eigenvalue weighted by molar-refractivity contribution is 5.96. The van der Waals surface area contributed by atoms with Gasteiger partial charge in [-0.05, 0) is 12.1 Å². The van der Waals surface area contributed by atoms with Gasteiger partial charge in [-0.25, -0.2) is 9.37 Å². The topological polar surface area (TPSA) is 124 Å². The van der Waals surface area contributed by atoms with Crippen molar-refractivity contribution in [1.29, 1.82) is 0 Å². The second kappa shape index (κ2) is 5.82. The minimum absolute atomic E-state index is 0.0530. The van der Waals surface area contributed by atoms with E-state index in [9.17, 15) is 14.5 Å². The average molecular weight is 292 g/mol. The third kappa shape index (κ3) is 3.21. The summed E-state index contributed by atoms with van der Waals surface area (Å²) in [7, 11) is 0. The number of non-ortho nitro benzene ring substituents is 1. The van der Waals surface area contributed by atoms with Crippen LogP contribution < -0.4 is 10.5 Å². The number of ether oxygens (including phenoxy) is 1. The van der Waals surface area contributed by atoms with Gasteiger partial charge in [0.05, 0.1) is 11.0 Å². The third-order valence-electron chi connectivity index (χ3n) is 2.48. The molecule has 108 valence electrons.